The number of carbonyl (C=O) groups is 1. The van der Waals surface area contributed by atoms with Crippen molar-refractivity contribution in [2.75, 3.05) is 13.2 Å². The van der Waals surface area contributed by atoms with Crippen LogP contribution in [0.5, 0.6) is 0 Å². The molecule has 0 fully saturated rings. The molecule has 0 aliphatic rings. The van der Waals surface area contributed by atoms with Gasteiger partial charge in [0.05, 0.1) is 0 Å². The molecule has 4 heteroatoms. The monoisotopic (exact) mass is 202 g/mol. The fourth-order valence-electron chi connectivity index (χ4n) is 0.989. The van der Waals surface area contributed by atoms with Crippen molar-refractivity contribution in [2.45, 2.75) is 45.1 Å². The fourth-order valence-corrected chi connectivity index (χ4v) is 0.989. The van der Waals surface area contributed by atoms with Gasteiger partial charge in [0.2, 0.25) is 5.91 Å². The maximum atomic E-state index is 11.2. The van der Waals surface area contributed by atoms with Crippen molar-refractivity contribution in [1.82, 2.24) is 5.32 Å². The molecule has 1 amide bonds. The van der Waals surface area contributed by atoms with E-state index in [2.05, 4.69) is 5.32 Å². The highest BCUT2D eigenvalue weighted by Crippen LogP contribution is 2.06. The van der Waals surface area contributed by atoms with Gasteiger partial charge in [-0.1, -0.05) is 0 Å². The van der Waals surface area contributed by atoms with E-state index in [0.717, 1.165) is 12.8 Å². The third-order valence-corrected chi connectivity index (χ3v) is 1.90. The number of unbranched alkanes of at least 4 members (excludes halogenated alkanes) is 1. The number of amides is 1. The molecule has 0 heterocycles. The summed E-state index contributed by atoms with van der Waals surface area (Å²) in [6, 6.07) is 0. The first kappa shape index (κ1) is 13.4. The second-order valence-corrected chi connectivity index (χ2v) is 4.27. The van der Waals surface area contributed by atoms with Gasteiger partial charge in [-0.05, 0) is 33.1 Å². The van der Waals surface area contributed by atoms with Crippen LogP contribution < -0.4 is 11.1 Å². The quantitative estimate of drug-likeness (QED) is 0.523. The summed E-state index contributed by atoms with van der Waals surface area (Å²) in [4.78, 5) is 11.2. The summed E-state index contributed by atoms with van der Waals surface area (Å²) in [7, 11) is 0. The topological polar surface area (TPSA) is 75.4 Å². The molecule has 14 heavy (non-hydrogen) atoms. The van der Waals surface area contributed by atoms with Crippen LogP contribution in [0.1, 0.15) is 39.5 Å². The van der Waals surface area contributed by atoms with Gasteiger partial charge >= 0.3 is 0 Å². The maximum Gasteiger partial charge on any atom is 0.220 e. The Hall–Kier alpha value is -0.610. The van der Waals surface area contributed by atoms with Gasteiger partial charge in [-0.15, -0.1) is 0 Å². The van der Waals surface area contributed by atoms with Crippen LogP contribution in [0.25, 0.3) is 0 Å². The maximum absolute atomic E-state index is 11.2. The van der Waals surface area contributed by atoms with Crippen molar-refractivity contribution in [3.8, 4) is 0 Å². The zero-order valence-electron chi connectivity index (χ0n) is 9.18. The molecule has 0 aromatic heterocycles. The third kappa shape index (κ3) is 9.48. The summed E-state index contributed by atoms with van der Waals surface area (Å²) >= 11 is 0. The Bertz CT molecular complexity index is 164. The first-order chi connectivity index (χ1) is 6.45. The number of rotatable bonds is 7. The molecular formula is C10H22N2O2. The van der Waals surface area contributed by atoms with Gasteiger partial charge in [-0.25, -0.2) is 0 Å². The van der Waals surface area contributed by atoms with Gasteiger partial charge in [0.15, 0.2) is 0 Å². The molecule has 4 N–H and O–H groups in total. The van der Waals surface area contributed by atoms with Crippen LogP contribution >= 0.6 is 0 Å². The highest BCUT2D eigenvalue weighted by molar-refractivity contribution is 5.75. The number of nitrogens with two attached hydrogens (primary N) is 1. The fraction of sp³-hybridized carbons (Fsp3) is 0.900. The Labute approximate surface area is 85.9 Å². The Morgan fingerprint density at radius 1 is 1.43 bits per heavy atom. The Balaban J connectivity index is 3.38. The van der Waals surface area contributed by atoms with E-state index in [4.69, 9.17) is 10.8 Å². The molecule has 4 nitrogen and oxygen atoms in total. The summed E-state index contributed by atoms with van der Waals surface area (Å²) < 4.78 is 0. The number of hydrogen-bond acceptors (Lipinski definition) is 3. The highest BCUT2D eigenvalue weighted by atomic mass is 16.2. The first-order valence-corrected chi connectivity index (χ1v) is 5.12. The molecule has 0 spiro atoms. The molecule has 0 aromatic rings. The Morgan fingerprint density at radius 3 is 2.57 bits per heavy atom. The standard InChI is InChI=1S/C10H22N2O2/c1-10(2,11)6-5-9(14)12-7-3-4-8-13/h13H,3-8,11H2,1-2H3,(H,12,14). The van der Waals surface area contributed by atoms with Crippen molar-refractivity contribution in [3.05, 3.63) is 0 Å². The van der Waals surface area contributed by atoms with Crippen LogP contribution in [0.4, 0.5) is 0 Å². The van der Waals surface area contributed by atoms with Gasteiger partial charge in [-0.3, -0.25) is 4.79 Å². The zero-order chi connectivity index (χ0) is 11.0. The van der Waals surface area contributed by atoms with Gasteiger partial charge in [0, 0.05) is 25.1 Å². The minimum atomic E-state index is -0.275. The van der Waals surface area contributed by atoms with Gasteiger partial charge in [0.1, 0.15) is 0 Å². The van der Waals surface area contributed by atoms with E-state index in [9.17, 15) is 4.79 Å². The lowest BCUT2D eigenvalue weighted by Gasteiger charge is -2.17. The largest absolute Gasteiger partial charge is 0.396 e. The number of aliphatic hydroxyl groups excluding tert-OH is 1. The summed E-state index contributed by atoms with van der Waals surface area (Å²) in [6.45, 7) is 4.65. The van der Waals surface area contributed by atoms with E-state index in [1.54, 1.807) is 0 Å². The smallest absolute Gasteiger partial charge is 0.220 e. The lowest BCUT2D eigenvalue weighted by atomic mass is 10.00. The van der Waals surface area contributed by atoms with Crippen LogP contribution in [0.3, 0.4) is 0 Å². The van der Waals surface area contributed by atoms with E-state index in [0.29, 0.717) is 19.4 Å². The number of aliphatic hydroxyl groups is 1. The molecule has 0 bridgehead atoms. The predicted octanol–water partition coefficient (Wildman–Crippen LogP) is 0.393. The third-order valence-electron chi connectivity index (χ3n) is 1.90. The average Bonchev–Trinajstić information content (AvgIpc) is 2.08. The molecule has 0 atom stereocenters. The van der Waals surface area contributed by atoms with E-state index in [1.807, 2.05) is 13.8 Å². The minimum absolute atomic E-state index is 0.0430. The average molecular weight is 202 g/mol. The summed E-state index contributed by atoms with van der Waals surface area (Å²) in [6.07, 6.45) is 2.73. The van der Waals surface area contributed by atoms with Gasteiger partial charge in [0.25, 0.3) is 0 Å². The molecule has 84 valence electrons. The van der Waals surface area contributed by atoms with Crippen LogP contribution in [0.15, 0.2) is 0 Å². The van der Waals surface area contributed by atoms with E-state index in [-0.39, 0.29) is 18.1 Å². The lowest BCUT2D eigenvalue weighted by molar-refractivity contribution is -0.121. The molecular weight excluding hydrogens is 180 g/mol. The van der Waals surface area contributed by atoms with Crippen LogP contribution in [-0.4, -0.2) is 29.7 Å². The Morgan fingerprint density at radius 2 is 2.07 bits per heavy atom. The van der Waals surface area contributed by atoms with E-state index in [1.165, 1.54) is 0 Å². The SMILES string of the molecule is CC(C)(N)CCC(=O)NCCCCO. The predicted molar refractivity (Wildman–Crippen MR) is 56.8 cm³/mol. The van der Waals surface area contributed by atoms with Crippen LogP contribution in [-0.2, 0) is 4.79 Å². The molecule has 0 radical (unpaired) electrons. The van der Waals surface area contributed by atoms with Crippen molar-refractivity contribution < 1.29 is 9.90 Å². The van der Waals surface area contributed by atoms with Gasteiger partial charge < -0.3 is 16.2 Å². The van der Waals surface area contributed by atoms with Crippen molar-refractivity contribution in [3.63, 3.8) is 0 Å². The van der Waals surface area contributed by atoms with Crippen LogP contribution in [0, 0.1) is 0 Å². The summed E-state index contributed by atoms with van der Waals surface area (Å²) in [5.41, 5.74) is 5.47. The summed E-state index contributed by atoms with van der Waals surface area (Å²) in [5, 5.41) is 11.3. The molecule has 0 aromatic carbocycles. The number of carbonyl (C=O) groups excluding carboxylic acids is 1. The molecule has 0 rings (SSSR count). The van der Waals surface area contributed by atoms with Gasteiger partial charge in [-0.2, -0.15) is 0 Å². The lowest BCUT2D eigenvalue weighted by Crippen LogP contribution is -2.34. The molecule has 0 saturated carbocycles. The van der Waals surface area contributed by atoms with E-state index < -0.39 is 0 Å². The van der Waals surface area contributed by atoms with Crippen molar-refractivity contribution >= 4 is 5.91 Å². The highest BCUT2D eigenvalue weighted by Gasteiger charge is 2.12. The van der Waals surface area contributed by atoms with Crippen molar-refractivity contribution in [2.24, 2.45) is 5.73 Å². The first-order valence-electron chi connectivity index (χ1n) is 5.12. The second-order valence-electron chi connectivity index (χ2n) is 4.27. The molecule has 0 aliphatic heterocycles. The summed E-state index contributed by atoms with van der Waals surface area (Å²) in [5.74, 6) is 0.0430. The zero-order valence-corrected chi connectivity index (χ0v) is 9.18. The molecule has 0 saturated heterocycles. The van der Waals surface area contributed by atoms with Crippen LogP contribution in [0.2, 0.25) is 0 Å². The second kappa shape index (κ2) is 6.79. The molecule has 0 unspecified atom stereocenters. The van der Waals surface area contributed by atoms with Crippen molar-refractivity contribution in [1.29, 1.82) is 0 Å². The number of hydrogen-bond donors (Lipinski definition) is 3. The van der Waals surface area contributed by atoms with E-state index >= 15 is 0 Å². The minimum Gasteiger partial charge on any atom is -0.396 e. The number of nitrogens with one attached hydrogen (secondary N) is 1. The Kier molecular flexibility index (Phi) is 6.49. The normalized spacial score (nSPS) is 11.4. The molecule has 0 aliphatic carbocycles.